The van der Waals surface area contributed by atoms with Crippen molar-refractivity contribution in [3.05, 3.63) is 42.5 Å². The van der Waals surface area contributed by atoms with Gasteiger partial charge in [0.25, 0.3) is 11.4 Å². The molecule has 4 rings (SSSR count). The van der Waals surface area contributed by atoms with Gasteiger partial charge in [0.05, 0.1) is 10.9 Å². The van der Waals surface area contributed by atoms with E-state index in [1.54, 1.807) is 25.2 Å². The van der Waals surface area contributed by atoms with Gasteiger partial charge >= 0.3 is 5.97 Å². The highest BCUT2D eigenvalue weighted by Gasteiger charge is 2.57. The van der Waals surface area contributed by atoms with Crippen LogP contribution < -0.4 is 21.2 Å². The lowest BCUT2D eigenvalue weighted by Crippen LogP contribution is -2.72. The number of rotatable bonds is 12. The first-order valence-corrected chi connectivity index (χ1v) is 16.3. The number of piperidine rings is 1. The summed E-state index contributed by atoms with van der Waals surface area (Å²) in [5, 5.41) is 11.0. The van der Waals surface area contributed by atoms with Crippen LogP contribution in [-0.2, 0) is 29.1 Å². The fourth-order valence-electron chi connectivity index (χ4n) is 6.02. The number of hydrogen-bond acceptors (Lipinski definition) is 10. The zero-order valence-electron chi connectivity index (χ0n) is 25.2. The van der Waals surface area contributed by atoms with Gasteiger partial charge in [-0.3, -0.25) is 14.9 Å². The molecular formula is C30H43ClN6O6S. The number of likely N-dealkylation sites (N-methyl/N-ethyl adjacent to an activating group) is 1. The smallest absolute Gasteiger partial charge is 0.350 e. The maximum atomic E-state index is 14.4. The first-order chi connectivity index (χ1) is 20.6. The molecule has 5 N–H and O–H groups in total. The second-order valence-corrected chi connectivity index (χ2v) is 13.1. The van der Waals surface area contributed by atoms with Crippen molar-refractivity contribution in [3.8, 4) is 0 Å². The number of nitrogens with two attached hydrogens (primary N) is 1. The lowest BCUT2D eigenvalue weighted by atomic mass is 9.84. The summed E-state index contributed by atoms with van der Waals surface area (Å²) in [4.78, 5) is 43.8. The van der Waals surface area contributed by atoms with Gasteiger partial charge in [-0.15, -0.1) is 12.4 Å². The summed E-state index contributed by atoms with van der Waals surface area (Å²) in [6.07, 6.45) is 6.76. The first kappa shape index (κ1) is 35.4. The van der Waals surface area contributed by atoms with E-state index in [1.165, 1.54) is 24.0 Å². The Balaban J connectivity index is 0.00000529. The summed E-state index contributed by atoms with van der Waals surface area (Å²) in [6.45, 7) is 2.85. The lowest BCUT2D eigenvalue weighted by Gasteiger charge is -2.39. The van der Waals surface area contributed by atoms with Crippen molar-refractivity contribution in [2.45, 2.75) is 74.4 Å². The minimum atomic E-state index is -4.23. The molecule has 2 atom stereocenters. The number of sulfonamides is 1. The minimum Gasteiger partial charge on any atom is -0.411 e. The third kappa shape index (κ3) is 7.94. The van der Waals surface area contributed by atoms with E-state index in [2.05, 4.69) is 20.5 Å². The highest BCUT2D eigenvalue weighted by Crippen LogP contribution is 2.26. The van der Waals surface area contributed by atoms with E-state index in [9.17, 15) is 22.8 Å². The van der Waals surface area contributed by atoms with Crippen molar-refractivity contribution in [2.24, 2.45) is 16.9 Å². The SMILES string of the molecule is CC(NS(=O)(=O)c1ccc2ccccc2c1)C(=O)C(NCC1CCCCC1)(C(=O)OC=NN)C(=O)N(C)C1CCNCC1.Cl. The highest BCUT2D eigenvalue weighted by atomic mass is 35.5. The molecule has 14 heteroatoms. The second kappa shape index (κ2) is 15.8. The molecule has 1 aliphatic carbocycles. The van der Waals surface area contributed by atoms with E-state index in [0.717, 1.165) is 37.5 Å². The van der Waals surface area contributed by atoms with Crippen molar-refractivity contribution in [1.82, 2.24) is 20.3 Å². The van der Waals surface area contributed by atoms with Gasteiger partial charge in [-0.25, -0.2) is 17.9 Å². The van der Waals surface area contributed by atoms with Crippen molar-refractivity contribution >= 4 is 57.3 Å². The van der Waals surface area contributed by atoms with E-state index < -0.39 is 39.3 Å². The van der Waals surface area contributed by atoms with Gasteiger partial charge in [-0.1, -0.05) is 49.6 Å². The van der Waals surface area contributed by atoms with Gasteiger partial charge in [-0.05, 0) is 81.1 Å². The molecular weight excluding hydrogens is 608 g/mol. The number of ketones is 1. The van der Waals surface area contributed by atoms with E-state index in [1.807, 2.05) is 12.1 Å². The predicted molar refractivity (Wildman–Crippen MR) is 171 cm³/mol. The Hall–Kier alpha value is -3.10. The maximum Gasteiger partial charge on any atom is 0.350 e. The van der Waals surface area contributed by atoms with Crippen LogP contribution in [0.3, 0.4) is 0 Å². The first-order valence-electron chi connectivity index (χ1n) is 14.8. The van der Waals surface area contributed by atoms with Crippen LogP contribution in [0.5, 0.6) is 0 Å². The standard InChI is InChI=1S/C30H42N6O6S.ClH/c1-21(35-43(40,41)26-13-12-23-10-6-7-11-24(23)18-26)27(37)30(29(39)42-20-34-31,33-19-22-8-4-3-5-9-22)28(38)36(2)25-14-16-32-17-15-25;/h6-7,10-13,18,20-22,25,32-33,35H,3-5,8-9,14-17,19,31H2,1-2H3;1H. The third-order valence-electron chi connectivity index (χ3n) is 8.53. The Morgan fingerprint density at radius 2 is 1.75 bits per heavy atom. The monoisotopic (exact) mass is 650 g/mol. The highest BCUT2D eigenvalue weighted by molar-refractivity contribution is 7.89. The molecule has 1 saturated heterocycles. The Morgan fingerprint density at radius 3 is 2.41 bits per heavy atom. The number of ether oxygens (including phenoxy) is 1. The molecule has 2 aliphatic rings. The number of esters is 1. The third-order valence-corrected chi connectivity index (χ3v) is 10.1. The topological polar surface area (TPSA) is 172 Å². The number of Topliss-reactive ketones (excluding diaryl/α,β-unsaturated/α-hetero) is 1. The number of benzene rings is 2. The van der Waals surface area contributed by atoms with E-state index in [-0.39, 0.29) is 35.8 Å². The number of nitrogens with zero attached hydrogens (tertiary/aromatic N) is 2. The average molecular weight is 651 g/mol. The summed E-state index contributed by atoms with van der Waals surface area (Å²) >= 11 is 0. The van der Waals surface area contributed by atoms with Gasteiger partial charge in [0.1, 0.15) is 0 Å². The summed E-state index contributed by atoms with van der Waals surface area (Å²) < 4.78 is 34.5. The summed E-state index contributed by atoms with van der Waals surface area (Å²) in [7, 11) is -2.68. The molecule has 2 aromatic rings. The van der Waals surface area contributed by atoms with Gasteiger partial charge in [0.2, 0.25) is 16.4 Å². The number of hydrazone groups is 1. The summed E-state index contributed by atoms with van der Waals surface area (Å²) in [5.74, 6) is 2.30. The van der Waals surface area contributed by atoms with Gasteiger partial charge < -0.3 is 20.8 Å². The van der Waals surface area contributed by atoms with Gasteiger partial charge in [0.15, 0.2) is 5.78 Å². The molecule has 0 bridgehead atoms. The molecule has 0 spiro atoms. The van der Waals surface area contributed by atoms with Crippen molar-refractivity contribution in [2.75, 3.05) is 26.7 Å². The molecule has 0 radical (unpaired) electrons. The molecule has 1 amide bonds. The lowest BCUT2D eigenvalue weighted by molar-refractivity contribution is -0.159. The molecule has 242 valence electrons. The van der Waals surface area contributed by atoms with Crippen LogP contribution in [-0.4, -0.2) is 81.7 Å². The van der Waals surface area contributed by atoms with Crippen LogP contribution in [0.2, 0.25) is 0 Å². The second-order valence-electron chi connectivity index (χ2n) is 11.4. The number of fused-ring (bicyclic) bond motifs is 1. The number of carbonyl (C=O) groups excluding carboxylic acids is 3. The van der Waals surface area contributed by atoms with Crippen LogP contribution in [0.15, 0.2) is 52.5 Å². The number of amides is 1. The van der Waals surface area contributed by atoms with E-state index >= 15 is 0 Å². The zero-order chi connectivity index (χ0) is 31.0. The number of hydrogen-bond donors (Lipinski definition) is 4. The normalized spacial score (nSPS) is 18.7. The molecule has 2 unspecified atom stereocenters. The fourth-order valence-corrected chi connectivity index (χ4v) is 7.26. The maximum absolute atomic E-state index is 14.4. The Morgan fingerprint density at radius 1 is 1.09 bits per heavy atom. The summed E-state index contributed by atoms with van der Waals surface area (Å²) in [5.41, 5.74) is -2.54. The van der Waals surface area contributed by atoms with E-state index in [0.29, 0.717) is 37.7 Å². The fraction of sp³-hybridized carbons (Fsp3) is 0.533. The van der Waals surface area contributed by atoms with Crippen molar-refractivity contribution < 1.29 is 27.5 Å². The van der Waals surface area contributed by atoms with Gasteiger partial charge in [-0.2, -0.15) is 5.10 Å². The quantitative estimate of drug-likeness (QED) is 0.0670. The molecule has 1 heterocycles. The Labute approximate surface area is 265 Å². The van der Waals surface area contributed by atoms with Crippen LogP contribution in [0.4, 0.5) is 0 Å². The number of halogens is 1. The molecule has 1 aliphatic heterocycles. The van der Waals surface area contributed by atoms with Crippen LogP contribution >= 0.6 is 12.4 Å². The largest absolute Gasteiger partial charge is 0.411 e. The molecule has 2 aromatic carbocycles. The predicted octanol–water partition coefficient (Wildman–Crippen LogP) is 2.06. The van der Waals surface area contributed by atoms with Crippen LogP contribution in [0.25, 0.3) is 10.8 Å². The van der Waals surface area contributed by atoms with Crippen molar-refractivity contribution in [3.63, 3.8) is 0 Å². The number of nitrogens with one attached hydrogen (secondary N) is 3. The summed E-state index contributed by atoms with van der Waals surface area (Å²) in [6, 6.07) is 10.2. The molecule has 1 saturated carbocycles. The Bertz CT molecular complexity index is 1440. The minimum absolute atomic E-state index is 0. The zero-order valence-corrected chi connectivity index (χ0v) is 26.8. The average Bonchev–Trinajstić information content (AvgIpc) is 3.03. The van der Waals surface area contributed by atoms with Crippen molar-refractivity contribution in [1.29, 1.82) is 0 Å². The van der Waals surface area contributed by atoms with E-state index in [4.69, 9.17) is 10.6 Å². The molecule has 0 aromatic heterocycles. The van der Waals surface area contributed by atoms with Gasteiger partial charge in [0, 0.05) is 13.1 Å². The Kier molecular flexibility index (Phi) is 12.7. The number of carbonyl (C=O) groups is 3. The van der Waals surface area contributed by atoms with Crippen LogP contribution in [0, 0.1) is 5.92 Å². The molecule has 2 fully saturated rings. The van der Waals surface area contributed by atoms with Crippen LogP contribution in [0.1, 0.15) is 51.9 Å². The molecule has 12 nitrogen and oxygen atoms in total. The molecule has 44 heavy (non-hydrogen) atoms.